The molecule has 19 heavy (non-hydrogen) atoms. The molecule has 102 valence electrons. The number of benzene rings is 1. The second kappa shape index (κ2) is 6.47. The number of aryl methyl sites for hydroxylation is 1. The monoisotopic (exact) mass is 297 g/mol. The largest absolute Gasteiger partial charge is 0.464 e. The van der Waals surface area contributed by atoms with E-state index in [4.69, 9.17) is 27.6 Å². The van der Waals surface area contributed by atoms with Crippen LogP contribution in [0.3, 0.4) is 0 Å². The van der Waals surface area contributed by atoms with E-state index in [1.807, 2.05) is 31.3 Å². The summed E-state index contributed by atoms with van der Waals surface area (Å²) in [6.07, 6.45) is 1.64. The van der Waals surface area contributed by atoms with Gasteiger partial charge >= 0.3 is 0 Å². The molecule has 0 saturated heterocycles. The summed E-state index contributed by atoms with van der Waals surface area (Å²) in [5.41, 5.74) is 1.02. The van der Waals surface area contributed by atoms with E-state index in [0.29, 0.717) is 5.02 Å². The van der Waals surface area contributed by atoms with E-state index >= 15 is 0 Å². The summed E-state index contributed by atoms with van der Waals surface area (Å²) in [7, 11) is 1.91. The number of rotatable bonds is 5. The third-order valence-corrected chi connectivity index (χ3v) is 3.76. The Bertz CT molecular complexity index is 551. The average molecular weight is 298 g/mol. The van der Waals surface area contributed by atoms with Crippen molar-refractivity contribution in [3.05, 3.63) is 57.5 Å². The molecule has 0 radical (unpaired) electrons. The summed E-state index contributed by atoms with van der Waals surface area (Å²) < 4.78 is 5.79. The second-order valence-corrected chi connectivity index (χ2v) is 5.28. The van der Waals surface area contributed by atoms with Crippen molar-refractivity contribution in [3.63, 3.8) is 0 Å². The van der Waals surface area contributed by atoms with E-state index < -0.39 is 0 Å². The number of hydrogen-bond acceptors (Lipinski definition) is 2. The second-order valence-electron chi connectivity index (χ2n) is 4.44. The van der Waals surface area contributed by atoms with Crippen molar-refractivity contribution in [2.24, 2.45) is 0 Å². The van der Waals surface area contributed by atoms with Crippen LogP contribution in [0.2, 0.25) is 10.0 Å². The van der Waals surface area contributed by atoms with Gasteiger partial charge in [0.2, 0.25) is 0 Å². The molecule has 1 atom stereocenters. The van der Waals surface area contributed by atoms with Crippen LogP contribution in [0, 0.1) is 0 Å². The zero-order valence-corrected chi connectivity index (χ0v) is 12.6. The SMILES string of the molecule is CCc1ccc(C(Cc2cc(Cl)ccc2Cl)NC)o1. The quantitative estimate of drug-likeness (QED) is 0.869. The summed E-state index contributed by atoms with van der Waals surface area (Å²) in [6, 6.07) is 9.64. The molecular formula is C15H17Cl2NO. The molecule has 4 heteroatoms. The van der Waals surface area contributed by atoms with Gasteiger partial charge in [-0.2, -0.15) is 0 Å². The van der Waals surface area contributed by atoms with Gasteiger partial charge in [-0.3, -0.25) is 0 Å². The molecule has 0 amide bonds. The molecule has 0 aliphatic carbocycles. The van der Waals surface area contributed by atoms with Crippen LogP contribution in [0.15, 0.2) is 34.7 Å². The molecule has 0 spiro atoms. The predicted molar refractivity (Wildman–Crippen MR) is 80.1 cm³/mol. The highest BCUT2D eigenvalue weighted by atomic mass is 35.5. The van der Waals surface area contributed by atoms with Gasteiger partial charge in [0.1, 0.15) is 11.5 Å². The number of hydrogen-bond donors (Lipinski definition) is 1. The summed E-state index contributed by atoms with van der Waals surface area (Å²) >= 11 is 12.2. The molecule has 1 aromatic heterocycles. The van der Waals surface area contributed by atoms with Gasteiger partial charge in [0.15, 0.2) is 0 Å². The molecule has 1 aromatic carbocycles. The Morgan fingerprint density at radius 2 is 2.00 bits per heavy atom. The zero-order valence-electron chi connectivity index (χ0n) is 11.0. The molecule has 2 rings (SSSR count). The number of furan rings is 1. The van der Waals surface area contributed by atoms with Crippen LogP contribution in [-0.4, -0.2) is 7.05 Å². The van der Waals surface area contributed by atoms with Crippen LogP contribution >= 0.6 is 23.2 Å². The zero-order chi connectivity index (χ0) is 13.8. The first-order chi connectivity index (χ1) is 9.13. The number of halogens is 2. The van der Waals surface area contributed by atoms with Crippen LogP contribution in [-0.2, 0) is 12.8 Å². The maximum absolute atomic E-state index is 6.20. The van der Waals surface area contributed by atoms with E-state index in [1.54, 1.807) is 6.07 Å². The topological polar surface area (TPSA) is 25.2 Å². The Morgan fingerprint density at radius 1 is 1.21 bits per heavy atom. The van der Waals surface area contributed by atoms with Gasteiger partial charge in [-0.25, -0.2) is 0 Å². The molecule has 2 nitrogen and oxygen atoms in total. The molecule has 0 aliphatic rings. The average Bonchev–Trinajstić information content (AvgIpc) is 2.88. The van der Waals surface area contributed by atoms with Crippen molar-refractivity contribution in [2.45, 2.75) is 25.8 Å². The minimum Gasteiger partial charge on any atom is -0.464 e. The lowest BCUT2D eigenvalue weighted by Crippen LogP contribution is -2.18. The van der Waals surface area contributed by atoms with Crippen molar-refractivity contribution in [3.8, 4) is 0 Å². The highest BCUT2D eigenvalue weighted by molar-refractivity contribution is 6.33. The molecule has 2 aromatic rings. The van der Waals surface area contributed by atoms with Crippen LogP contribution < -0.4 is 5.32 Å². The summed E-state index contributed by atoms with van der Waals surface area (Å²) in [6.45, 7) is 2.07. The molecule has 1 unspecified atom stereocenters. The van der Waals surface area contributed by atoms with Crippen molar-refractivity contribution in [1.29, 1.82) is 0 Å². The normalized spacial score (nSPS) is 12.6. The maximum atomic E-state index is 6.20. The Kier molecular flexibility index (Phi) is 4.92. The lowest BCUT2D eigenvalue weighted by atomic mass is 10.0. The predicted octanol–water partition coefficient (Wildman–Crippen LogP) is 4.65. The molecule has 0 aliphatic heterocycles. The van der Waals surface area contributed by atoms with Gasteiger partial charge in [0, 0.05) is 16.5 Å². The fourth-order valence-electron chi connectivity index (χ4n) is 2.04. The van der Waals surface area contributed by atoms with E-state index in [1.165, 1.54) is 0 Å². The van der Waals surface area contributed by atoms with Crippen LogP contribution in [0.5, 0.6) is 0 Å². The highest BCUT2D eigenvalue weighted by Crippen LogP contribution is 2.27. The highest BCUT2D eigenvalue weighted by Gasteiger charge is 2.16. The third-order valence-electron chi connectivity index (χ3n) is 3.15. The molecule has 0 saturated carbocycles. The lowest BCUT2D eigenvalue weighted by molar-refractivity contribution is 0.407. The smallest absolute Gasteiger partial charge is 0.121 e. The fraction of sp³-hybridized carbons (Fsp3) is 0.333. The molecule has 1 N–H and O–H groups in total. The molecule has 0 fully saturated rings. The van der Waals surface area contributed by atoms with Crippen molar-refractivity contribution in [2.75, 3.05) is 7.05 Å². The third kappa shape index (κ3) is 3.53. The van der Waals surface area contributed by atoms with Gasteiger partial charge in [-0.05, 0) is 49.4 Å². The first-order valence-corrected chi connectivity index (χ1v) is 7.09. The van der Waals surface area contributed by atoms with Gasteiger partial charge in [-0.15, -0.1) is 0 Å². The summed E-state index contributed by atoms with van der Waals surface area (Å²) in [5.74, 6) is 1.92. The van der Waals surface area contributed by atoms with Gasteiger partial charge in [0.25, 0.3) is 0 Å². The molecular weight excluding hydrogens is 281 g/mol. The standard InChI is InChI=1S/C15H17Cl2NO/c1-3-12-5-7-15(19-12)14(18-2)9-10-8-11(16)4-6-13(10)17/h4-8,14,18H,3,9H2,1-2H3. The van der Waals surface area contributed by atoms with Crippen LogP contribution in [0.1, 0.15) is 30.0 Å². The van der Waals surface area contributed by atoms with Crippen molar-refractivity contribution in [1.82, 2.24) is 5.32 Å². The lowest BCUT2D eigenvalue weighted by Gasteiger charge is -2.15. The van der Waals surface area contributed by atoms with Gasteiger partial charge in [-0.1, -0.05) is 30.1 Å². The maximum Gasteiger partial charge on any atom is 0.121 e. The molecule has 1 heterocycles. The Balaban J connectivity index is 2.21. The van der Waals surface area contributed by atoms with E-state index in [0.717, 1.165) is 34.9 Å². The first-order valence-electron chi connectivity index (χ1n) is 6.33. The number of nitrogens with one attached hydrogen (secondary N) is 1. The van der Waals surface area contributed by atoms with E-state index in [-0.39, 0.29) is 6.04 Å². The minimum atomic E-state index is 0.0938. The van der Waals surface area contributed by atoms with E-state index in [9.17, 15) is 0 Å². The van der Waals surface area contributed by atoms with E-state index in [2.05, 4.69) is 12.2 Å². The van der Waals surface area contributed by atoms with Crippen LogP contribution in [0.25, 0.3) is 0 Å². The summed E-state index contributed by atoms with van der Waals surface area (Å²) in [4.78, 5) is 0. The Morgan fingerprint density at radius 3 is 2.63 bits per heavy atom. The Labute approximate surface area is 123 Å². The molecule has 0 bridgehead atoms. The van der Waals surface area contributed by atoms with Crippen molar-refractivity contribution >= 4 is 23.2 Å². The number of likely N-dealkylation sites (N-methyl/N-ethyl adjacent to an activating group) is 1. The van der Waals surface area contributed by atoms with Gasteiger partial charge < -0.3 is 9.73 Å². The fourth-order valence-corrected chi connectivity index (χ4v) is 2.43. The van der Waals surface area contributed by atoms with Crippen LogP contribution in [0.4, 0.5) is 0 Å². The van der Waals surface area contributed by atoms with Crippen molar-refractivity contribution < 1.29 is 4.42 Å². The minimum absolute atomic E-state index is 0.0938. The summed E-state index contributed by atoms with van der Waals surface area (Å²) in [5, 5.41) is 4.68. The van der Waals surface area contributed by atoms with Gasteiger partial charge in [0.05, 0.1) is 6.04 Å². The first kappa shape index (κ1) is 14.4. The Hall–Kier alpha value is -0.960.